The molecule has 7 heteroatoms. The minimum atomic E-state index is -0.491. The number of nitrogens with one attached hydrogen (secondary N) is 1. The molecule has 2 aromatic rings. The summed E-state index contributed by atoms with van der Waals surface area (Å²) in [7, 11) is 3.50. The van der Waals surface area contributed by atoms with Crippen LogP contribution in [0.25, 0.3) is 0 Å². The SMILES string of the molecule is CCOC(=O)c1c(N)sc(C(=O)NC)c1CN(C)Cc1ccc(C)cc1. The molecule has 0 aliphatic rings. The van der Waals surface area contributed by atoms with Gasteiger partial charge < -0.3 is 15.8 Å². The van der Waals surface area contributed by atoms with Crippen molar-refractivity contribution in [3.63, 3.8) is 0 Å². The monoisotopic (exact) mass is 375 g/mol. The molecule has 1 aromatic heterocycles. The maximum Gasteiger partial charge on any atom is 0.341 e. The van der Waals surface area contributed by atoms with Crippen LogP contribution in [0, 0.1) is 6.92 Å². The number of hydrogen-bond donors (Lipinski definition) is 2. The second kappa shape index (κ2) is 8.82. The number of carbonyl (C=O) groups is 2. The van der Waals surface area contributed by atoms with Gasteiger partial charge in [0.1, 0.15) is 5.00 Å². The fraction of sp³-hybridized carbons (Fsp3) is 0.368. The number of amides is 1. The van der Waals surface area contributed by atoms with Crippen LogP contribution in [0.4, 0.5) is 5.00 Å². The van der Waals surface area contributed by atoms with E-state index in [1.165, 1.54) is 5.56 Å². The highest BCUT2D eigenvalue weighted by atomic mass is 32.1. The quantitative estimate of drug-likeness (QED) is 0.727. The third kappa shape index (κ3) is 4.62. The Morgan fingerprint density at radius 2 is 1.88 bits per heavy atom. The summed E-state index contributed by atoms with van der Waals surface area (Å²) in [5.74, 6) is -0.744. The fourth-order valence-electron chi connectivity index (χ4n) is 2.69. The fourth-order valence-corrected chi connectivity index (χ4v) is 3.70. The maximum absolute atomic E-state index is 12.3. The van der Waals surface area contributed by atoms with Crippen molar-refractivity contribution >= 4 is 28.2 Å². The molecule has 0 radical (unpaired) electrons. The predicted octanol–water partition coefficient (Wildman–Crippen LogP) is 2.81. The van der Waals surface area contributed by atoms with Crippen molar-refractivity contribution in [1.82, 2.24) is 10.2 Å². The van der Waals surface area contributed by atoms with Crippen LogP contribution in [-0.4, -0.2) is 37.5 Å². The van der Waals surface area contributed by atoms with Gasteiger partial charge in [0.25, 0.3) is 5.91 Å². The lowest BCUT2D eigenvalue weighted by atomic mass is 10.1. The maximum atomic E-state index is 12.3. The first-order chi connectivity index (χ1) is 12.4. The van der Waals surface area contributed by atoms with Gasteiger partial charge in [-0.15, -0.1) is 11.3 Å². The zero-order valence-corrected chi connectivity index (χ0v) is 16.4. The van der Waals surface area contributed by atoms with E-state index >= 15 is 0 Å². The van der Waals surface area contributed by atoms with Crippen molar-refractivity contribution < 1.29 is 14.3 Å². The largest absolute Gasteiger partial charge is 0.462 e. The summed E-state index contributed by atoms with van der Waals surface area (Å²) in [4.78, 5) is 27.1. The van der Waals surface area contributed by atoms with Gasteiger partial charge in [-0.05, 0) is 26.5 Å². The summed E-state index contributed by atoms with van der Waals surface area (Å²) >= 11 is 1.12. The first-order valence-electron chi connectivity index (χ1n) is 8.41. The number of benzene rings is 1. The van der Waals surface area contributed by atoms with E-state index in [-0.39, 0.29) is 12.5 Å². The minimum Gasteiger partial charge on any atom is -0.462 e. The Bertz CT molecular complexity index is 784. The van der Waals surface area contributed by atoms with Crippen molar-refractivity contribution in [3.05, 3.63) is 51.4 Å². The molecule has 0 saturated heterocycles. The Kier molecular flexibility index (Phi) is 6.76. The molecule has 2 rings (SSSR count). The summed E-state index contributed by atoms with van der Waals surface area (Å²) in [5.41, 5.74) is 9.29. The van der Waals surface area contributed by atoms with Gasteiger partial charge in [-0.3, -0.25) is 9.69 Å². The summed E-state index contributed by atoms with van der Waals surface area (Å²) in [6.45, 7) is 5.14. The Morgan fingerprint density at radius 3 is 2.46 bits per heavy atom. The number of hydrogen-bond acceptors (Lipinski definition) is 6. The highest BCUT2D eigenvalue weighted by Gasteiger charge is 2.27. The average Bonchev–Trinajstić information content (AvgIpc) is 2.92. The van der Waals surface area contributed by atoms with E-state index < -0.39 is 5.97 Å². The van der Waals surface area contributed by atoms with Gasteiger partial charge in [0, 0.05) is 25.7 Å². The van der Waals surface area contributed by atoms with E-state index in [9.17, 15) is 9.59 Å². The van der Waals surface area contributed by atoms with Gasteiger partial charge >= 0.3 is 5.97 Å². The van der Waals surface area contributed by atoms with Crippen LogP contribution in [0.2, 0.25) is 0 Å². The van der Waals surface area contributed by atoms with Crippen LogP contribution in [0.3, 0.4) is 0 Å². The van der Waals surface area contributed by atoms with E-state index in [1.54, 1.807) is 14.0 Å². The standard InChI is InChI=1S/C19H25N3O3S/c1-5-25-19(24)15-14(16(18(23)21-3)26-17(15)20)11-22(4)10-13-8-6-12(2)7-9-13/h6-9H,5,10-11,20H2,1-4H3,(H,21,23). The van der Waals surface area contributed by atoms with Crippen LogP contribution in [0.5, 0.6) is 0 Å². The third-order valence-electron chi connectivity index (χ3n) is 3.95. The first kappa shape index (κ1) is 19.9. The lowest BCUT2D eigenvalue weighted by Crippen LogP contribution is -2.23. The third-order valence-corrected chi connectivity index (χ3v) is 5.01. The number of ether oxygens (including phenoxy) is 1. The first-order valence-corrected chi connectivity index (χ1v) is 9.23. The van der Waals surface area contributed by atoms with Crippen molar-refractivity contribution in [2.75, 3.05) is 26.4 Å². The summed E-state index contributed by atoms with van der Waals surface area (Å²) < 4.78 is 5.13. The number of esters is 1. The van der Waals surface area contributed by atoms with Gasteiger partial charge in [0.2, 0.25) is 0 Å². The van der Waals surface area contributed by atoms with E-state index in [0.717, 1.165) is 16.9 Å². The Balaban J connectivity index is 2.31. The number of anilines is 1. The Labute approximate surface area is 157 Å². The van der Waals surface area contributed by atoms with Crippen LogP contribution in [0.1, 0.15) is 43.6 Å². The number of nitrogens with zero attached hydrogens (tertiary/aromatic N) is 1. The number of rotatable bonds is 7. The predicted molar refractivity (Wildman–Crippen MR) is 104 cm³/mol. The van der Waals surface area contributed by atoms with Gasteiger partial charge in [-0.2, -0.15) is 0 Å². The summed E-state index contributed by atoms with van der Waals surface area (Å²) in [6.07, 6.45) is 0. The number of carbonyl (C=O) groups excluding carboxylic acids is 2. The second-order valence-electron chi connectivity index (χ2n) is 6.11. The van der Waals surface area contributed by atoms with Crippen LogP contribution in [0.15, 0.2) is 24.3 Å². The zero-order chi connectivity index (χ0) is 19.3. The molecule has 0 aliphatic heterocycles. The summed E-state index contributed by atoms with van der Waals surface area (Å²) in [5, 5.41) is 2.91. The molecule has 3 N–H and O–H groups in total. The molecule has 26 heavy (non-hydrogen) atoms. The van der Waals surface area contributed by atoms with E-state index in [0.29, 0.717) is 34.1 Å². The van der Waals surface area contributed by atoms with Gasteiger partial charge in [0.05, 0.1) is 17.0 Å². The molecule has 0 saturated carbocycles. The highest BCUT2D eigenvalue weighted by Crippen LogP contribution is 2.33. The molecular formula is C19H25N3O3S. The molecular weight excluding hydrogens is 350 g/mol. The molecule has 1 heterocycles. The van der Waals surface area contributed by atoms with Gasteiger partial charge in [-0.1, -0.05) is 29.8 Å². The molecule has 1 aromatic carbocycles. The van der Waals surface area contributed by atoms with Crippen LogP contribution in [-0.2, 0) is 17.8 Å². The molecule has 6 nitrogen and oxygen atoms in total. The van der Waals surface area contributed by atoms with E-state index in [4.69, 9.17) is 10.5 Å². The zero-order valence-electron chi connectivity index (χ0n) is 15.6. The molecule has 0 aliphatic carbocycles. The number of nitrogen functional groups attached to an aromatic ring is 1. The van der Waals surface area contributed by atoms with Crippen LogP contribution < -0.4 is 11.1 Å². The molecule has 0 spiro atoms. The normalized spacial score (nSPS) is 10.8. The summed E-state index contributed by atoms with van der Waals surface area (Å²) in [6, 6.07) is 8.26. The van der Waals surface area contributed by atoms with Gasteiger partial charge in [-0.25, -0.2) is 4.79 Å². The van der Waals surface area contributed by atoms with E-state index in [1.807, 2.05) is 18.9 Å². The average molecular weight is 375 g/mol. The van der Waals surface area contributed by atoms with Crippen molar-refractivity contribution in [2.45, 2.75) is 26.9 Å². The van der Waals surface area contributed by atoms with Crippen molar-refractivity contribution in [1.29, 1.82) is 0 Å². The highest BCUT2D eigenvalue weighted by molar-refractivity contribution is 7.18. The Hall–Kier alpha value is -2.38. The number of aryl methyl sites for hydroxylation is 1. The van der Waals surface area contributed by atoms with Crippen LogP contribution >= 0.6 is 11.3 Å². The Morgan fingerprint density at radius 1 is 1.23 bits per heavy atom. The molecule has 1 amide bonds. The lowest BCUT2D eigenvalue weighted by Gasteiger charge is -2.18. The topological polar surface area (TPSA) is 84.7 Å². The molecule has 0 fully saturated rings. The molecule has 0 atom stereocenters. The lowest BCUT2D eigenvalue weighted by molar-refractivity contribution is 0.0526. The van der Waals surface area contributed by atoms with Crippen molar-refractivity contribution in [2.24, 2.45) is 0 Å². The van der Waals surface area contributed by atoms with E-state index in [2.05, 4.69) is 29.6 Å². The smallest absolute Gasteiger partial charge is 0.341 e. The molecule has 0 bridgehead atoms. The molecule has 140 valence electrons. The minimum absolute atomic E-state index is 0.252. The molecule has 0 unspecified atom stereocenters. The van der Waals surface area contributed by atoms with Crippen molar-refractivity contribution in [3.8, 4) is 0 Å². The van der Waals surface area contributed by atoms with Gasteiger partial charge in [0.15, 0.2) is 0 Å². The second-order valence-corrected chi connectivity index (χ2v) is 7.16. The number of thiophene rings is 1. The number of nitrogens with two attached hydrogens (primary N) is 1.